The number of fused-ring (bicyclic) bond motifs is 3. The fraction of sp³-hybridized carbons (Fsp3) is 0.423. The van der Waals surface area contributed by atoms with E-state index in [2.05, 4.69) is 34.9 Å². The van der Waals surface area contributed by atoms with Crippen LogP contribution >= 0.6 is 0 Å². The normalized spacial score (nSPS) is 19.5. The summed E-state index contributed by atoms with van der Waals surface area (Å²) in [5.74, 6) is -1.29. The summed E-state index contributed by atoms with van der Waals surface area (Å²) in [6, 6.07) is 16.2. The number of rotatable bonds is 8. The second-order valence-electron chi connectivity index (χ2n) is 9.70. The topological polar surface area (TPSA) is 105 Å². The van der Waals surface area contributed by atoms with Crippen molar-refractivity contribution in [1.29, 1.82) is 0 Å². The van der Waals surface area contributed by atoms with E-state index in [9.17, 15) is 19.5 Å². The van der Waals surface area contributed by atoms with E-state index in [1.54, 1.807) is 6.92 Å². The van der Waals surface area contributed by atoms with Gasteiger partial charge in [-0.1, -0.05) is 48.5 Å². The van der Waals surface area contributed by atoms with E-state index in [4.69, 9.17) is 4.74 Å². The number of carboxylic acids is 1. The first-order valence-electron chi connectivity index (χ1n) is 11.5. The molecule has 0 spiro atoms. The lowest BCUT2D eigenvalue weighted by Crippen LogP contribution is -2.59. The van der Waals surface area contributed by atoms with Gasteiger partial charge in [-0.25, -0.2) is 4.79 Å². The summed E-state index contributed by atoms with van der Waals surface area (Å²) in [6.45, 7) is 1.95. The van der Waals surface area contributed by atoms with Crippen LogP contribution in [0.3, 0.4) is 0 Å². The van der Waals surface area contributed by atoms with Crippen molar-refractivity contribution in [2.24, 2.45) is 11.3 Å². The van der Waals surface area contributed by atoms with Crippen molar-refractivity contribution >= 4 is 18.0 Å². The van der Waals surface area contributed by atoms with E-state index in [1.807, 2.05) is 24.3 Å². The van der Waals surface area contributed by atoms with Crippen molar-refractivity contribution < 1.29 is 24.2 Å². The number of hydrogen-bond acceptors (Lipinski definition) is 4. The summed E-state index contributed by atoms with van der Waals surface area (Å²) >= 11 is 0. The summed E-state index contributed by atoms with van der Waals surface area (Å²) in [7, 11) is 0. The molecule has 2 aromatic rings. The summed E-state index contributed by atoms with van der Waals surface area (Å²) in [5.41, 5.74) is 2.56. The van der Waals surface area contributed by atoms with Crippen molar-refractivity contribution in [3.8, 4) is 11.1 Å². The molecular weight excluding hydrogens is 420 g/mol. The van der Waals surface area contributed by atoms with Crippen LogP contribution < -0.4 is 10.6 Å². The molecule has 2 amide bonds. The van der Waals surface area contributed by atoms with Crippen LogP contribution in [-0.4, -0.2) is 41.8 Å². The van der Waals surface area contributed by atoms with E-state index in [0.717, 1.165) is 35.1 Å². The molecule has 0 saturated heterocycles. The Morgan fingerprint density at radius 3 is 2.12 bits per heavy atom. The van der Waals surface area contributed by atoms with Gasteiger partial charge >= 0.3 is 12.1 Å². The first-order valence-corrected chi connectivity index (χ1v) is 11.5. The van der Waals surface area contributed by atoms with E-state index < -0.39 is 23.0 Å². The molecule has 1 atom stereocenters. The Labute approximate surface area is 192 Å². The van der Waals surface area contributed by atoms with E-state index >= 15 is 0 Å². The lowest BCUT2D eigenvalue weighted by molar-refractivity contribution is -0.143. The maximum absolute atomic E-state index is 13.0. The van der Waals surface area contributed by atoms with Gasteiger partial charge < -0.3 is 20.5 Å². The zero-order valence-electron chi connectivity index (χ0n) is 18.6. The van der Waals surface area contributed by atoms with Crippen LogP contribution in [0.2, 0.25) is 0 Å². The van der Waals surface area contributed by atoms with Crippen molar-refractivity contribution in [1.82, 2.24) is 10.6 Å². The highest BCUT2D eigenvalue weighted by molar-refractivity contribution is 5.91. The Kier molecular flexibility index (Phi) is 5.15. The van der Waals surface area contributed by atoms with Gasteiger partial charge in [0.1, 0.15) is 12.1 Å². The number of carbonyl (C=O) groups excluding carboxylic acids is 2. The molecule has 7 heteroatoms. The summed E-state index contributed by atoms with van der Waals surface area (Å²) < 4.78 is 5.64. The molecule has 3 aliphatic carbocycles. The maximum atomic E-state index is 13.0. The molecule has 0 aliphatic heterocycles. The molecule has 7 nitrogen and oxygen atoms in total. The monoisotopic (exact) mass is 448 g/mol. The van der Waals surface area contributed by atoms with E-state index in [0.29, 0.717) is 12.8 Å². The number of carbonyl (C=O) groups is 3. The third-order valence-electron chi connectivity index (χ3n) is 7.47. The Balaban J connectivity index is 1.24. The number of nitrogens with one attached hydrogen (secondary N) is 2. The molecule has 3 aliphatic rings. The van der Waals surface area contributed by atoms with Crippen LogP contribution in [0.1, 0.15) is 49.7 Å². The fourth-order valence-corrected chi connectivity index (χ4v) is 4.90. The Morgan fingerprint density at radius 2 is 1.61 bits per heavy atom. The number of alkyl carbamates (subject to hydrolysis) is 1. The zero-order valence-corrected chi connectivity index (χ0v) is 18.6. The van der Waals surface area contributed by atoms with Crippen molar-refractivity contribution in [2.75, 3.05) is 13.2 Å². The maximum Gasteiger partial charge on any atom is 0.408 e. The third-order valence-corrected chi connectivity index (χ3v) is 7.47. The van der Waals surface area contributed by atoms with Gasteiger partial charge in [-0.15, -0.1) is 0 Å². The van der Waals surface area contributed by atoms with Gasteiger partial charge in [0.25, 0.3) is 0 Å². The first kappa shape index (κ1) is 21.5. The van der Waals surface area contributed by atoms with Crippen LogP contribution in [0, 0.1) is 11.3 Å². The van der Waals surface area contributed by atoms with Gasteiger partial charge in [0.05, 0.1) is 5.41 Å². The fourth-order valence-electron chi connectivity index (χ4n) is 4.90. The van der Waals surface area contributed by atoms with Gasteiger partial charge in [0.2, 0.25) is 5.91 Å². The zero-order chi connectivity index (χ0) is 23.2. The van der Waals surface area contributed by atoms with Crippen molar-refractivity contribution in [3.05, 3.63) is 59.7 Å². The highest BCUT2D eigenvalue weighted by atomic mass is 16.5. The minimum absolute atomic E-state index is 0.0120. The third kappa shape index (κ3) is 3.86. The second kappa shape index (κ2) is 7.90. The number of benzene rings is 2. The van der Waals surface area contributed by atoms with E-state index in [-0.39, 0.29) is 30.9 Å². The molecule has 2 saturated carbocycles. The van der Waals surface area contributed by atoms with Gasteiger partial charge in [-0.3, -0.25) is 9.59 Å². The quantitative estimate of drug-likeness (QED) is 0.572. The number of amides is 2. The molecule has 2 fully saturated rings. The molecule has 172 valence electrons. The van der Waals surface area contributed by atoms with Gasteiger partial charge in [-0.2, -0.15) is 0 Å². The lowest BCUT2D eigenvalue weighted by Gasteiger charge is -2.30. The van der Waals surface area contributed by atoms with E-state index in [1.165, 1.54) is 0 Å². The SMILES string of the molecule is CC(NC(=O)OCC1c2ccccc2-c2ccccc21)(C(=O)NCC1(C(=O)O)CC1)C1CC1. The molecule has 0 heterocycles. The van der Waals surface area contributed by atoms with Crippen molar-refractivity contribution in [2.45, 2.75) is 44.1 Å². The number of aliphatic carboxylic acids is 1. The second-order valence-corrected chi connectivity index (χ2v) is 9.70. The molecule has 3 N–H and O–H groups in total. The highest BCUT2D eigenvalue weighted by Crippen LogP contribution is 2.46. The smallest absolute Gasteiger partial charge is 0.408 e. The highest BCUT2D eigenvalue weighted by Gasteiger charge is 2.53. The Bertz CT molecular complexity index is 1080. The number of hydrogen-bond donors (Lipinski definition) is 3. The summed E-state index contributed by atoms with van der Waals surface area (Å²) in [4.78, 5) is 37.2. The van der Waals surface area contributed by atoms with Crippen LogP contribution in [0.4, 0.5) is 4.79 Å². The molecule has 33 heavy (non-hydrogen) atoms. The van der Waals surface area contributed by atoms with Gasteiger partial charge in [-0.05, 0) is 60.8 Å². The standard InChI is InChI=1S/C26H28N2O5/c1-25(16-10-11-16,22(29)27-15-26(12-13-26)23(30)31)28-24(32)33-14-21-19-8-4-2-6-17(19)18-7-3-5-9-20(18)21/h2-9,16,21H,10-15H2,1H3,(H,27,29)(H,28,32)(H,30,31). The number of carboxylic acid groups (broad SMARTS) is 1. The number of ether oxygens (including phenoxy) is 1. The minimum Gasteiger partial charge on any atom is -0.481 e. The molecule has 0 radical (unpaired) electrons. The lowest BCUT2D eigenvalue weighted by atomic mass is 9.94. The van der Waals surface area contributed by atoms with Crippen LogP contribution in [0.25, 0.3) is 11.1 Å². The Morgan fingerprint density at radius 1 is 1.03 bits per heavy atom. The predicted octanol–water partition coefficient (Wildman–Crippen LogP) is 3.67. The first-order chi connectivity index (χ1) is 15.8. The average molecular weight is 449 g/mol. The molecule has 0 aromatic heterocycles. The van der Waals surface area contributed by atoms with Gasteiger partial charge in [0, 0.05) is 12.5 Å². The predicted molar refractivity (Wildman–Crippen MR) is 122 cm³/mol. The Hall–Kier alpha value is -3.35. The summed E-state index contributed by atoms with van der Waals surface area (Å²) in [5, 5.41) is 14.9. The largest absolute Gasteiger partial charge is 0.481 e. The van der Waals surface area contributed by atoms with Crippen LogP contribution in [-0.2, 0) is 14.3 Å². The minimum atomic E-state index is -1.13. The molecule has 5 rings (SSSR count). The molecular formula is C26H28N2O5. The molecule has 1 unspecified atom stereocenters. The van der Waals surface area contributed by atoms with Crippen LogP contribution in [0.15, 0.2) is 48.5 Å². The molecule has 0 bridgehead atoms. The summed E-state index contributed by atoms with van der Waals surface area (Å²) in [6.07, 6.45) is 2.14. The van der Waals surface area contributed by atoms with Crippen LogP contribution in [0.5, 0.6) is 0 Å². The van der Waals surface area contributed by atoms with Gasteiger partial charge in [0.15, 0.2) is 0 Å². The molecule has 2 aromatic carbocycles. The van der Waals surface area contributed by atoms with Crippen molar-refractivity contribution in [3.63, 3.8) is 0 Å². The average Bonchev–Trinajstić information content (AvgIpc) is 3.73.